The van der Waals surface area contributed by atoms with Crippen LogP contribution in [0.3, 0.4) is 0 Å². The lowest BCUT2D eigenvalue weighted by Crippen LogP contribution is -2.62. The molecule has 8 nitrogen and oxygen atoms in total. The second kappa shape index (κ2) is 6.96. The molecule has 1 amide bonds. The molecule has 1 saturated carbocycles. The van der Waals surface area contributed by atoms with E-state index in [9.17, 15) is 9.59 Å². The van der Waals surface area contributed by atoms with Gasteiger partial charge in [0.1, 0.15) is 11.8 Å². The van der Waals surface area contributed by atoms with E-state index >= 15 is 0 Å². The quantitative estimate of drug-likeness (QED) is 0.489. The van der Waals surface area contributed by atoms with Gasteiger partial charge in [0.15, 0.2) is 16.8 Å². The van der Waals surface area contributed by atoms with Gasteiger partial charge in [-0.3, -0.25) is 19.6 Å². The normalized spacial score (nSPS) is 22.7. The van der Waals surface area contributed by atoms with Crippen molar-refractivity contribution < 1.29 is 9.59 Å². The van der Waals surface area contributed by atoms with Crippen molar-refractivity contribution in [3.8, 4) is 17.3 Å². The Labute approximate surface area is 183 Å². The Balaban J connectivity index is 1.58. The number of nitrogens with zero attached hydrogens (tertiary/aromatic N) is 5. The molecular weight excluding hydrogens is 412 g/mol. The minimum atomic E-state index is -1.26. The van der Waals surface area contributed by atoms with E-state index in [0.717, 1.165) is 22.5 Å². The number of aromatic amines is 1. The number of rotatable bonds is 3. The molecule has 1 aromatic carbocycles. The van der Waals surface area contributed by atoms with Gasteiger partial charge in [0.2, 0.25) is 0 Å². The standard InChI is InChI=1S/C22H18N6O2S/c1-13-10-15(11-23)24-12-18(13)27-20(30)22(8-6-19(22)29)28(21(27)31)16-4-2-14(3-5-16)17-7-9-25-26-17/h2-5,7,9-10,12,21,31H,6,8H2,1H3,(H,25,26). The highest BCUT2D eigenvalue weighted by molar-refractivity contribution is 7.81. The van der Waals surface area contributed by atoms with Gasteiger partial charge in [-0.1, -0.05) is 12.1 Å². The van der Waals surface area contributed by atoms with Crippen LogP contribution in [0, 0.1) is 18.3 Å². The van der Waals surface area contributed by atoms with Gasteiger partial charge >= 0.3 is 0 Å². The number of carbonyl (C=O) groups is 2. The van der Waals surface area contributed by atoms with Crippen molar-refractivity contribution >= 4 is 35.7 Å². The molecule has 2 aliphatic rings. The van der Waals surface area contributed by atoms with E-state index in [0.29, 0.717) is 18.5 Å². The highest BCUT2D eigenvalue weighted by atomic mass is 32.1. The Morgan fingerprint density at radius 2 is 2.03 bits per heavy atom. The largest absolute Gasteiger partial charge is 0.321 e. The molecule has 1 N–H and O–H groups in total. The number of benzene rings is 1. The number of amides is 1. The van der Waals surface area contributed by atoms with Crippen LogP contribution in [0.4, 0.5) is 11.4 Å². The van der Waals surface area contributed by atoms with Gasteiger partial charge in [-0.2, -0.15) is 10.4 Å². The average Bonchev–Trinajstić information content (AvgIpc) is 3.39. The van der Waals surface area contributed by atoms with Crippen molar-refractivity contribution in [3.05, 3.63) is 60.0 Å². The van der Waals surface area contributed by atoms with Gasteiger partial charge in [0.05, 0.1) is 17.6 Å². The van der Waals surface area contributed by atoms with Crippen molar-refractivity contribution in [3.63, 3.8) is 0 Å². The molecular formula is C22H18N6O2S. The van der Waals surface area contributed by atoms with Gasteiger partial charge < -0.3 is 4.90 Å². The average molecular weight is 430 g/mol. The molecule has 2 atom stereocenters. The summed E-state index contributed by atoms with van der Waals surface area (Å²) in [7, 11) is 0. The second-order valence-corrected chi connectivity index (χ2v) is 8.12. The number of aromatic nitrogens is 3. The third-order valence-electron chi connectivity index (χ3n) is 6.04. The first-order valence-corrected chi connectivity index (χ1v) is 10.3. The van der Waals surface area contributed by atoms with Crippen LogP contribution in [0.1, 0.15) is 24.1 Å². The van der Waals surface area contributed by atoms with Crippen molar-refractivity contribution in [1.29, 1.82) is 5.26 Å². The number of hydrogen-bond donors (Lipinski definition) is 2. The summed E-state index contributed by atoms with van der Waals surface area (Å²) in [5.41, 5.74) is 2.13. The number of aryl methyl sites for hydroxylation is 1. The number of nitrogens with one attached hydrogen (secondary N) is 1. The molecule has 2 unspecified atom stereocenters. The van der Waals surface area contributed by atoms with Crippen LogP contribution in [0.15, 0.2) is 48.8 Å². The van der Waals surface area contributed by atoms with Crippen molar-refractivity contribution in [2.45, 2.75) is 30.8 Å². The Kier molecular flexibility index (Phi) is 4.34. The highest BCUT2D eigenvalue weighted by Crippen LogP contribution is 2.48. The summed E-state index contributed by atoms with van der Waals surface area (Å²) in [6, 6.07) is 13.1. The fraction of sp³-hybridized carbons (Fsp3) is 0.227. The first-order chi connectivity index (χ1) is 15.0. The highest BCUT2D eigenvalue weighted by Gasteiger charge is 2.65. The molecule has 2 fully saturated rings. The van der Waals surface area contributed by atoms with Crippen LogP contribution >= 0.6 is 12.6 Å². The molecule has 154 valence electrons. The minimum Gasteiger partial charge on any atom is -0.321 e. The fourth-order valence-corrected chi connectivity index (χ4v) is 4.89. The van der Waals surface area contributed by atoms with E-state index in [2.05, 4.69) is 15.2 Å². The summed E-state index contributed by atoms with van der Waals surface area (Å²) in [4.78, 5) is 33.8. The molecule has 0 radical (unpaired) electrons. The third kappa shape index (κ3) is 2.68. The van der Waals surface area contributed by atoms with Crippen LogP contribution in [0.25, 0.3) is 11.3 Å². The lowest BCUT2D eigenvalue weighted by Gasteiger charge is -2.42. The Morgan fingerprint density at radius 1 is 1.26 bits per heavy atom. The fourth-order valence-electron chi connectivity index (χ4n) is 4.33. The Bertz CT molecular complexity index is 1230. The zero-order valence-electron chi connectivity index (χ0n) is 16.6. The molecule has 5 rings (SSSR count). The van der Waals surface area contributed by atoms with Crippen LogP contribution < -0.4 is 9.80 Å². The molecule has 1 aliphatic heterocycles. The van der Waals surface area contributed by atoms with E-state index in [1.165, 1.54) is 11.1 Å². The number of H-pyrrole nitrogens is 1. The monoisotopic (exact) mass is 430 g/mol. The molecule has 1 spiro atoms. The topological polar surface area (TPSA) is 106 Å². The summed E-state index contributed by atoms with van der Waals surface area (Å²) in [6.45, 7) is 1.81. The zero-order valence-corrected chi connectivity index (χ0v) is 17.5. The van der Waals surface area contributed by atoms with Crippen LogP contribution in [-0.2, 0) is 9.59 Å². The Hall–Kier alpha value is -3.64. The molecule has 1 aliphatic carbocycles. The smallest absolute Gasteiger partial charge is 0.263 e. The number of hydrogen-bond acceptors (Lipinski definition) is 7. The van der Waals surface area contributed by atoms with E-state index in [4.69, 9.17) is 17.9 Å². The first kappa shape index (κ1) is 19.3. The summed E-state index contributed by atoms with van der Waals surface area (Å²) in [6.07, 6.45) is 3.97. The van der Waals surface area contributed by atoms with Crippen molar-refractivity contribution in [1.82, 2.24) is 15.2 Å². The minimum absolute atomic E-state index is 0.115. The lowest BCUT2D eigenvalue weighted by atomic mass is 9.73. The number of Topliss-reactive ketones (excluding diaryl/α,β-unsaturated/α-hetero) is 1. The maximum Gasteiger partial charge on any atom is 0.263 e. The first-order valence-electron chi connectivity index (χ1n) is 9.78. The molecule has 1 saturated heterocycles. The lowest BCUT2D eigenvalue weighted by molar-refractivity contribution is -0.138. The third-order valence-corrected chi connectivity index (χ3v) is 6.50. The van der Waals surface area contributed by atoms with Crippen molar-refractivity contribution in [2.24, 2.45) is 0 Å². The van der Waals surface area contributed by atoms with Gasteiger partial charge in [-0.25, -0.2) is 4.98 Å². The SMILES string of the molecule is Cc1cc(C#N)ncc1N1C(=O)C2(CCC2=O)N(c2ccc(-c3ccn[nH]3)cc2)C1S. The van der Waals surface area contributed by atoms with Gasteiger partial charge in [0, 0.05) is 18.3 Å². The molecule has 31 heavy (non-hydrogen) atoms. The number of thiol groups is 1. The number of nitriles is 1. The maximum absolute atomic E-state index is 13.6. The molecule has 9 heteroatoms. The van der Waals surface area contributed by atoms with E-state index < -0.39 is 11.0 Å². The number of anilines is 2. The van der Waals surface area contributed by atoms with E-state index in [1.807, 2.05) is 43.3 Å². The second-order valence-electron chi connectivity index (χ2n) is 7.66. The number of carbonyl (C=O) groups excluding carboxylic acids is 2. The van der Waals surface area contributed by atoms with Crippen LogP contribution in [-0.4, -0.2) is 37.9 Å². The summed E-state index contributed by atoms with van der Waals surface area (Å²) < 4.78 is 0. The molecule has 2 aromatic heterocycles. The molecule has 0 bridgehead atoms. The van der Waals surface area contributed by atoms with Crippen molar-refractivity contribution in [2.75, 3.05) is 9.80 Å². The Morgan fingerprint density at radius 3 is 2.58 bits per heavy atom. The predicted octanol–water partition coefficient (Wildman–Crippen LogP) is 2.82. The van der Waals surface area contributed by atoms with Crippen LogP contribution in [0.2, 0.25) is 0 Å². The van der Waals surface area contributed by atoms with Gasteiger partial charge in [-0.15, -0.1) is 12.6 Å². The van der Waals surface area contributed by atoms with Gasteiger partial charge in [-0.05, 0) is 48.7 Å². The maximum atomic E-state index is 13.6. The zero-order chi connectivity index (χ0) is 21.8. The summed E-state index contributed by atoms with van der Waals surface area (Å²) in [5.74, 6) is -0.424. The van der Waals surface area contributed by atoms with Crippen LogP contribution in [0.5, 0.6) is 0 Å². The molecule has 3 aromatic rings. The predicted molar refractivity (Wildman–Crippen MR) is 117 cm³/mol. The van der Waals surface area contributed by atoms with Gasteiger partial charge in [0.25, 0.3) is 5.91 Å². The number of ketones is 1. The van der Waals surface area contributed by atoms with E-state index in [-0.39, 0.29) is 17.4 Å². The summed E-state index contributed by atoms with van der Waals surface area (Å²) in [5, 5.41) is 16.0. The van der Waals surface area contributed by atoms with E-state index in [1.54, 1.807) is 17.2 Å². The molecule has 3 heterocycles. The number of pyridine rings is 1. The summed E-state index contributed by atoms with van der Waals surface area (Å²) >= 11 is 4.76.